The zero-order valence-electron chi connectivity index (χ0n) is 15.5. The van der Waals surface area contributed by atoms with Crippen LogP contribution in [0.3, 0.4) is 0 Å². The summed E-state index contributed by atoms with van der Waals surface area (Å²) in [5.74, 6) is 0.0438. The molecule has 7 heteroatoms. The smallest absolute Gasteiger partial charge is 0.271 e. The molecule has 2 aliphatic rings. The first kappa shape index (κ1) is 18.1. The van der Waals surface area contributed by atoms with Gasteiger partial charge in [0.1, 0.15) is 0 Å². The summed E-state index contributed by atoms with van der Waals surface area (Å²) in [7, 11) is 0. The minimum Gasteiger partial charge on any atom is -0.396 e. The van der Waals surface area contributed by atoms with Gasteiger partial charge in [-0.25, -0.2) is 9.97 Å². The number of aliphatic hydroxyl groups is 1. The van der Waals surface area contributed by atoms with E-state index >= 15 is 0 Å². The van der Waals surface area contributed by atoms with E-state index in [-0.39, 0.29) is 18.2 Å². The Morgan fingerprint density at radius 3 is 2.56 bits per heavy atom. The van der Waals surface area contributed by atoms with E-state index in [9.17, 15) is 9.90 Å². The summed E-state index contributed by atoms with van der Waals surface area (Å²) in [6.07, 6.45) is 5.92. The highest BCUT2D eigenvalue weighted by molar-refractivity contribution is 5.98. The number of carbonyl (C=O) groups is 1. The number of hydrogen-bond acceptors (Lipinski definition) is 6. The number of para-hydroxylation sites is 2. The number of primary amides is 1. The molecule has 4 rings (SSSR count). The average Bonchev–Trinajstić information content (AvgIpc) is 3.20. The van der Waals surface area contributed by atoms with E-state index in [1.165, 1.54) is 25.7 Å². The number of aliphatic hydroxyl groups excluding tert-OH is 1. The van der Waals surface area contributed by atoms with Gasteiger partial charge in [0.05, 0.1) is 11.0 Å². The average molecular weight is 369 g/mol. The highest BCUT2D eigenvalue weighted by atomic mass is 16.3. The zero-order chi connectivity index (χ0) is 18.8. The summed E-state index contributed by atoms with van der Waals surface area (Å²) in [6, 6.07) is 8.33. The molecule has 2 unspecified atom stereocenters. The van der Waals surface area contributed by atoms with E-state index in [0.29, 0.717) is 30.0 Å². The summed E-state index contributed by atoms with van der Waals surface area (Å²) < 4.78 is 0. The number of carbonyl (C=O) groups excluding carboxylic acids is 1. The summed E-state index contributed by atoms with van der Waals surface area (Å²) in [5, 5.41) is 13.7. The highest BCUT2D eigenvalue weighted by Crippen LogP contribution is 2.28. The Balaban J connectivity index is 1.58. The summed E-state index contributed by atoms with van der Waals surface area (Å²) in [5.41, 5.74) is 7.19. The molecular weight excluding hydrogens is 342 g/mol. The number of nitrogens with zero attached hydrogens (tertiary/aromatic N) is 3. The van der Waals surface area contributed by atoms with Gasteiger partial charge >= 0.3 is 0 Å². The van der Waals surface area contributed by atoms with Gasteiger partial charge in [-0.15, -0.1) is 0 Å². The fourth-order valence-corrected chi connectivity index (χ4v) is 4.40. The van der Waals surface area contributed by atoms with Crippen molar-refractivity contribution in [1.82, 2.24) is 15.3 Å². The topological polar surface area (TPSA) is 104 Å². The number of nitrogens with two attached hydrogens (primary N) is 1. The minimum atomic E-state index is -0.574. The lowest BCUT2D eigenvalue weighted by Crippen LogP contribution is -2.53. The SMILES string of the molecule is NC(=O)c1nc2ccccc2nc1N1CCC(NC2CCCC2)C(CO)C1. The standard InChI is InChI=1S/C20H27N5O2/c21-19(27)18-20(24-17-8-4-3-7-16(17)23-18)25-10-9-15(13(11-25)12-26)22-14-5-1-2-6-14/h3-4,7-8,13-15,22,26H,1-2,5-6,9-12H2,(H2,21,27). The minimum absolute atomic E-state index is 0.0911. The van der Waals surface area contributed by atoms with Crippen LogP contribution in [0.1, 0.15) is 42.6 Å². The van der Waals surface area contributed by atoms with Crippen molar-refractivity contribution in [3.63, 3.8) is 0 Å². The molecule has 144 valence electrons. The number of hydrogen-bond donors (Lipinski definition) is 3. The van der Waals surface area contributed by atoms with Crippen molar-refractivity contribution in [2.75, 3.05) is 24.6 Å². The van der Waals surface area contributed by atoms with Crippen molar-refractivity contribution < 1.29 is 9.90 Å². The molecule has 1 aromatic heterocycles. The zero-order valence-corrected chi connectivity index (χ0v) is 15.5. The maximum Gasteiger partial charge on any atom is 0.271 e. The number of aromatic nitrogens is 2. The Labute approximate surface area is 159 Å². The Bertz CT molecular complexity index is 821. The highest BCUT2D eigenvalue weighted by Gasteiger charge is 2.33. The first-order valence-corrected chi connectivity index (χ1v) is 9.84. The monoisotopic (exact) mass is 369 g/mol. The van der Waals surface area contributed by atoms with Crippen LogP contribution in [0.15, 0.2) is 24.3 Å². The molecular formula is C20H27N5O2. The van der Waals surface area contributed by atoms with Gasteiger partial charge in [-0.3, -0.25) is 4.79 Å². The normalized spacial score (nSPS) is 23.8. The molecule has 27 heavy (non-hydrogen) atoms. The van der Waals surface area contributed by atoms with Crippen LogP contribution >= 0.6 is 0 Å². The van der Waals surface area contributed by atoms with Gasteiger partial charge < -0.3 is 21.1 Å². The van der Waals surface area contributed by atoms with Crippen LogP contribution in [0, 0.1) is 5.92 Å². The van der Waals surface area contributed by atoms with Gasteiger partial charge in [-0.1, -0.05) is 25.0 Å². The summed E-state index contributed by atoms with van der Waals surface area (Å²) in [6.45, 7) is 1.50. The van der Waals surface area contributed by atoms with Crippen LogP contribution in [0.5, 0.6) is 0 Å². The molecule has 2 fully saturated rings. The molecule has 2 heterocycles. The fourth-order valence-electron chi connectivity index (χ4n) is 4.40. The largest absolute Gasteiger partial charge is 0.396 e. The van der Waals surface area contributed by atoms with Crippen molar-refractivity contribution in [2.45, 2.75) is 44.2 Å². The first-order valence-electron chi connectivity index (χ1n) is 9.84. The Kier molecular flexibility index (Phi) is 5.22. The lowest BCUT2D eigenvalue weighted by molar-refractivity contribution is 0.0996. The maximum atomic E-state index is 12.0. The third-order valence-corrected chi connectivity index (χ3v) is 5.86. The number of anilines is 1. The molecule has 1 saturated heterocycles. The number of piperidine rings is 1. The van der Waals surface area contributed by atoms with Crippen molar-refractivity contribution in [3.8, 4) is 0 Å². The van der Waals surface area contributed by atoms with E-state index in [2.05, 4.69) is 15.3 Å². The molecule has 0 radical (unpaired) electrons. The molecule has 1 aliphatic heterocycles. The lowest BCUT2D eigenvalue weighted by Gasteiger charge is -2.40. The maximum absolute atomic E-state index is 12.0. The van der Waals surface area contributed by atoms with Crippen LogP contribution in [-0.2, 0) is 0 Å². The van der Waals surface area contributed by atoms with Crippen molar-refractivity contribution in [2.24, 2.45) is 11.7 Å². The van der Waals surface area contributed by atoms with E-state index in [1.54, 1.807) is 0 Å². The van der Waals surface area contributed by atoms with E-state index in [1.807, 2.05) is 29.2 Å². The first-order chi connectivity index (χ1) is 13.2. The predicted molar refractivity (Wildman–Crippen MR) is 105 cm³/mol. The molecule has 7 nitrogen and oxygen atoms in total. The van der Waals surface area contributed by atoms with Crippen molar-refractivity contribution >= 4 is 22.8 Å². The number of nitrogens with one attached hydrogen (secondary N) is 1. The molecule has 2 aromatic rings. The van der Waals surface area contributed by atoms with Crippen LogP contribution < -0.4 is 16.0 Å². The second-order valence-corrected chi connectivity index (χ2v) is 7.68. The van der Waals surface area contributed by atoms with Gasteiger partial charge in [0.2, 0.25) is 0 Å². The third kappa shape index (κ3) is 3.75. The molecule has 1 aromatic carbocycles. The molecule has 2 atom stereocenters. The molecule has 1 aliphatic carbocycles. The Hall–Kier alpha value is -2.25. The fraction of sp³-hybridized carbons (Fsp3) is 0.550. The van der Waals surface area contributed by atoms with Crippen molar-refractivity contribution in [3.05, 3.63) is 30.0 Å². The quantitative estimate of drug-likeness (QED) is 0.737. The van der Waals surface area contributed by atoms with Crippen LogP contribution in [0.25, 0.3) is 11.0 Å². The molecule has 4 N–H and O–H groups in total. The second-order valence-electron chi connectivity index (χ2n) is 7.68. The number of benzene rings is 1. The third-order valence-electron chi connectivity index (χ3n) is 5.86. The Morgan fingerprint density at radius 2 is 1.89 bits per heavy atom. The predicted octanol–water partition coefficient (Wildman–Crippen LogP) is 1.45. The van der Waals surface area contributed by atoms with E-state index in [0.717, 1.165) is 18.5 Å². The van der Waals surface area contributed by atoms with Gasteiger partial charge in [0.25, 0.3) is 5.91 Å². The molecule has 0 spiro atoms. The number of amides is 1. The van der Waals surface area contributed by atoms with Gasteiger partial charge in [-0.05, 0) is 31.4 Å². The van der Waals surface area contributed by atoms with Crippen LogP contribution in [0.2, 0.25) is 0 Å². The summed E-state index contributed by atoms with van der Waals surface area (Å²) >= 11 is 0. The summed E-state index contributed by atoms with van der Waals surface area (Å²) in [4.78, 5) is 23.2. The van der Waals surface area contributed by atoms with E-state index in [4.69, 9.17) is 5.73 Å². The van der Waals surface area contributed by atoms with Crippen LogP contribution in [-0.4, -0.2) is 52.8 Å². The van der Waals surface area contributed by atoms with Gasteiger partial charge in [-0.2, -0.15) is 0 Å². The molecule has 1 amide bonds. The molecule has 0 bridgehead atoms. The number of fused-ring (bicyclic) bond motifs is 1. The lowest BCUT2D eigenvalue weighted by atomic mass is 9.91. The Morgan fingerprint density at radius 1 is 1.19 bits per heavy atom. The van der Waals surface area contributed by atoms with Gasteiger partial charge in [0, 0.05) is 37.7 Å². The van der Waals surface area contributed by atoms with Crippen molar-refractivity contribution in [1.29, 1.82) is 0 Å². The molecule has 1 saturated carbocycles. The second kappa shape index (κ2) is 7.78. The van der Waals surface area contributed by atoms with Crippen LogP contribution in [0.4, 0.5) is 5.82 Å². The van der Waals surface area contributed by atoms with Gasteiger partial charge in [0.15, 0.2) is 11.5 Å². The van der Waals surface area contributed by atoms with E-state index < -0.39 is 5.91 Å². The number of rotatable bonds is 5.